The van der Waals surface area contributed by atoms with E-state index in [1.54, 1.807) is 16.2 Å². The lowest BCUT2D eigenvalue weighted by Crippen LogP contribution is -2.50. The standard InChI is InChI=1S/C20H25N5OS/c1-16-12-17(2)14-18(13-16)25(6-3-4-21)19(26)15-23-7-9-24(10-8-23)20-22-5-11-27-20/h5,11-14H,3,6-10,15H2,1-2H3. The quantitative estimate of drug-likeness (QED) is 0.767. The number of hydrogen-bond acceptors (Lipinski definition) is 6. The fourth-order valence-electron chi connectivity index (χ4n) is 3.41. The second-order valence-corrected chi connectivity index (χ2v) is 7.75. The molecule has 0 radical (unpaired) electrons. The summed E-state index contributed by atoms with van der Waals surface area (Å²) < 4.78 is 0. The van der Waals surface area contributed by atoms with Crippen molar-refractivity contribution in [2.45, 2.75) is 20.3 Å². The molecule has 0 bridgehead atoms. The first-order valence-electron chi connectivity index (χ1n) is 9.19. The fourth-order valence-corrected chi connectivity index (χ4v) is 4.11. The molecule has 3 rings (SSSR count). The first-order chi connectivity index (χ1) is 13.1. The third-order valence-corrected chi connectivity index (χ3v) is 5.52. The van der Waals surface area contributed by atoms with Crippen molar-refractivity contribution in [3.8, 4) is 6.07 Å². The molecule has 0 unspecified atom stereocenters. The minimum atomic E-state index is 0.0537. The smallest absolute Gasteiger partial charge is 0.241 e. The minimum absolute atomic E-state index is 0.0537. The van der Waals surface area contributed by atoms with Gasteiger partial charge in [0.15, 0.2) is 5.13 Å². The van der Waals surface area contributed by atoms with Crippen LogP contribution in [0.1, 0.15) is 17.5 Å². The van der Waals surface area contributed by atoms with Gasteiger partial charge in [0.25, 0.3) is 0 Å². The van der Waals surface area contributed by atoms with Gasteiger partial charge in [0.2, 0.25) is 5.91 Å². The van der Waals surface area contributed by atoms with Crippen molar-refractivity contribution in [2.75, 3.05) is 49.1 Å². The number of piperazine rings is 1. The van der Waals surface area contributed by atoms with Crippen LogP contribution in [0, 0.1) is 25.2 Å². The summed E-state index contributed by atoms with van der Waals surface area (Å²) in [4.78, 5) is 23.6. The number of benzene rings is 1. The van der Waals surface area contributed by atoms with Gasteiger partial charge in [0.05, 0.1) is 19.0 Å². The molecule has 1 aliphatic heterocycles. The zero-order chi connectivity index (χ0) is 19.2. The van der Waals surface area contributed by atoms with E-state index >= 15 is 0 Å². The van der Waals surface area contributed by atoms with Gasteiger partial charge in [-0.1, -0.05) is 6.07 Å². The van der Waals surface area contributed by atoms with E-state index in [2.05, 4.69) is 26.9 Å². The maximum absolute atomic E-state index is 13.0. The molecule has 0 aliphatic carbocycles. The van der Waals surface area contributed by atoms with Gasteiger partial charge in [0.1, 0.15) is 0 Å². The van der Waals surface area contributed by atoms with Crippen molar-refractivity contribution < 1.29 is 4.79 Å². The van der Waals surface area contributed by atoms with Crippen LogP contribution in [0.2, 0.25) is 0 Å². The van der Waals surface area contributed by atoms with E-state index in [1.807, 2.05) is 37.6 Å². The number of nitrogens with zero attached hydrogens (tertiary/aromatic N) is 5. The van der Waals surface area contributed by atoms with Crippen molar-refractivity contribution >= 4 is 28.1 Å². The van der Waals surface area contributed by atoms with Crippen LogP contribution in [0.15, 0.2) is 29.8 Å². The summed E-state index contributed by atoms with van der Waals surface area (Å²) in [5.41, 5.74) is 3.13. The van der Waals surface area contributed by atoms with E-state index in [-0.39, 0.29) is 5.91 Å². The van der Waals surface area contributed by atoms with Gasteiger partial charge >= 0.3 is 0 Å². The summed E-state index contributed by atoms with van der Waals surface area (Å²) in [6.45, 7) is 8.30. The van der Waals surface area contributed by atoms with E-state index < -0.39 is 0 Å². The highest BCUT2D eigenvalue weighted by molar-refractivity contribution is 7.13. The van der Waals surface area contributed by atoms with Crippen molar-refractivity contribution in [3.63, 3.8) is 0 Å². The number of anilines is 2. The number of aromatic nitrogens is 1. The van der Waals surface area contributed by atoms with Crippen LogP contribution >= 0.6 is 11.3 Å². The summed E-state index contributed by atoms with van der Waals surface area (Å²) in [6.07, 6.45) is 2.16. The SMILES string of the molecule is Cc1cc(C)cc(N(CCC#N)C(=O)CN2CCN(c3nccs3)CC2)c1. The average Bonchev–Trinajstić information content (AvgIpc) is 3.16. The van der Waals surface area contributed by atoms with Crippen LogP contribution in [0.4, 0.5) is 10.8 Å². The van der Waals surface area contributed by atoms with E-state index in [1.165, 1.54) is 0 Å². The van der Waals surface area contributed by atoms with Crippen molar-refractivity contribution in [1.82, 2.24) is 9.88 Å². The number of aryl methyl sites for hydroxylation is 2. The van der Waals surface area contributed by atoms with Crippen LogP contribution in [0.25, 0.3) is 0 Å². The normalized spacial score (nSPS) is 14.8. The van der Waals surface area contributed by atoms with Crippen molar-refractivity contribution in [1.29, 1.82) is 5.26 Å². The second-order valence-electron chi connectivity index (χ2n) is 6.88. The monoisotopic (exact) mass is 383 g/mol. The van der Waals surface area contributed by atoms with Crippen LogP contribution < -0.4 is 9.80 Å². The highest BCUT2D eigenvalue weighted by Crippen LogP contribution is 2.21. The molecule has 2 aromatic rings. The fraction of sp³-hybridized carbons (Fsp3) is 0.450. The molecule has 0 N–H and O–H groups in total. The highest BCUT2D eigenvalue weighted by Gasteiger charge is 2.23. The Labute approximate surface area is 164 Å². The summed E-state index contributed by atoms with van der Waals surface area (Å²) >= 11 is 1.65. The number of thiazole rings is 1. The Kier molecular flexibility index (Phi) is 6.43. The number of amides is 1. The molecule has 1 aliphatic rings. The summed E-state index contributed by atoms with van der Waals surface area (Å²) in [7, 11) is 0. The Morgan fingerprint density at radius 3 is 2.52 bits per heavy atom. The highest BCUT2D eigenvalue weighted by atomic mass is 32.1. The number of carbonyl (C=O) groups is 1. The number of hydrogen-bond donors (Lipinski definition) is 0. The van der Waals surface area contributed by atoms with Gasteiger partial charge in [-0.25, -0.2) is 4.98 Å². The van der Waals surface area contributed by atoms with E-state index in [4.69, 9.17) is 5.26 Å². The van der Waals surface area contributed by atoms with Gasteiger partial charge in [-0.15, -0.1) is 11.3 Å². The molecule has 1 fully saturated rings. The molecule has 1 aromatic carbocycles. The molecular formula is C20H25N5OS. The Bertz CT molecular complexity index is 786. The van der Waals surface area contributed by atoms with Crippen LogP contribution in [-0.4, -0.2) is 55.1 Å². The predicted molar refractivity (Wildman–Crippen MR) is 109 cm³/mol. The number of rotatable bonds is 6. The molecule has 7 heteroatoms. The van der Waals surface area contributed by atoms with Gasteiger partial charge < -0.3 is 9.80 Å². The maximum Gasteiger partial charge on any atom is 0.241 e. The summed E-state index contributed by atoms with van der Waals surface area (Å²) in [6, 6.07) is 8.28. The molecule has 0 saturated carbocycles. The zero-order valence-corrected chi connectivity index (χ0v) is 16.7. The third-order valence-electron chi connectivity index (χ3n) is 4.69. The molecule has 6 nitrogen and oxygen atoms in total. The zero-order valence-electron chi connectivity index (χ0n) is 15.9. The van der Waals surface area contributed by atoms with Gasteiger partial charge in [-0.3, -0.25) is 9.69 Å². The lowest BCUT2D eigenvalue weighted by Gasteiger charge is -2.35. The Hall–Kier alpha value is -2.43. The van der Waals surface area contributed by atoms with Gasteiger partial charge in [-0.2, -0.15) is 5.26 Å². The molecule has 0 atom stereocenters. The van der Waals surface area contributed by atoms with Gasteiger partial charge in [0, 0.05) is 50.0 Å². The first kappa shape index (κ1) is 19.3. The lowest BCUT2D eigenvalue weighted by atomic mass is 10.1. The molecule has 27 heavy (non-hydrogen) atoms. The Morgan fingerprint density at radius 2 is 1.93 bits per heavy atom. The molecule has 142 valence electrons. The topological polar surface area (TPSA) is 63.5 Å². The van der Waals surface area contributed by atoms with Crippen LogP contribution in [0.3, 0.4) is 0 Å². The Morgan fingerprint density at radius 1 is 1.22 bits per heavy atom. The average molecular weight is 384 g/mol. The molecule has 1 aromatic heterocycles. The lowest BCUT2D eigenvalue weighted by molar-refractivity contribution is -0.119. The number of carbonyl (C=O) groups excluding carboxylic acids is 1. The molecular weight excluding hydrogens is 358 g/mol. The maximum atomic E-state index is 13.0. The second kappa shape index (κ2) is 8.98. The van der Waals surface area contributed by atoms with E-state index in [0.29, 0.717) is 19.5 Å². The third kappa shape index (κ3) is 5.06. The first-order valence-corrected chi connectivity index (χ1v) is 10.1. The summed E-state index contributed by atoms with van der Waals surface area (Å²) in [5, 5.41) is 12.0. The molecule has 0 spiro atoms. The minimum Gasteiger partial charge on any atom is -0.346 e. The molecule has 1 saturated heterocycles. The summed E-state index contributed by atoms with van der Waals surface area (Å²) in [5.74, 6) is 0.0537. The van der Waals surface area contributed by atoms with Gasteiger partial charge in [-0.05, 0) is 37.1 Å². The molecule has 1 amide bonds. The molecule has 2 heterocycles. The largest absolute Gasteiger partial charge is 0.346 e. The predicted octanol–water partition coefficient (Wildman–Crippen LogP) is 2.83. The Balaban J connectivity index is 1.63. The van der Waals surface area contributed by atoms with E-state index in [9.17, 15) is 4.79 Å². The van der Waals surface area contributed by atoms with Crippen molar-refractivity contribution in [3.05, 3.63) is 40.9 Å². The van der Waals surface area contributed by atoms with E-state index in [0.717, 1.165) is 48.1 Å². The van der Waals surface area contributed by atoms with Crippen LogP contribution in [0.5, 0.6) is 0 Å². The van der Waals surface area contributed by atoms with Crippen LogP contribution in [-0.2, 0) is 4.79 Å². The number of nitriles is 1. The van der Waals surface area contributed by atoms with Crippen molar-refractivity contribution in [2.24, 2.45) is 0 Å².